The third-order valence-electron chi connectivity index (χ3n) is 1.98. The predicted molar refractivity (Wildman–Crippen MR) is 67.4 cm³/mol. The van der Waals surface area contributed by atoms with E-state index < -0.39 is 0 Å². The topological polar surface area (TPSA) is 35.2 Å². The highest BCUT2D eigenvalue weighted by molar-refractivity contribution is 6.42. The van der Waals surface area contributed by atoms with Gasteiger partial charge in [0.05, 0.1) is 10.0 Å². The fourth-order valence-corrected chi connectivity index (χ4v) is 1.54. The fraction of sp³-hybridized carbons (Fsp3) is 0. The van der Waals surface area contributed by atoms with Crippen molar-refractivity contribution in [1.29, 1.82) is 0 Å². The van der Waals surface area contributed by atoms with Crippen LogP contribution in [-0.2, 0) is 0 Å². The highest BCUT2D eigenvalue weighted by atomic mass is 35.5. The zero-order chi connectivity index (χ0) is 11.5. The Labute approximate surface area is 104 Å². The molecular weight excluding hydrogens is 245 g/mol. The van der Waals surface area contributed by atoms with Crippen molar-refractivity contribution in [3.63, 3.8) is 0 Å². The number of benzene rings is 2. The van der Waals surface area contributed by atoms with Crippen LogP contribution in [0.15, 0.2) is 42.5 Å². The highest BCUT2D eigenvalue weighted by Crippen LogP contribution is 2.29. The van der Waals surface area contributed by atoms with E-state index in [1.807, 2.05) is 12.1 Å². The average molecular weight is 254 g/mol. The van der Waals surface area contributed by atoms with Crippen LogP contribution in [-0.4, -0.2) is 0 Å². The van der Waals surface area contributed by atoms with Gasteiger partial charge in [0.1, 0.15) is 11.5 Å². The van der Waals surface area contributed by atoms with Crippen molar-refractivity contribution in [3.8, 4) is 11.5 Å². The van der Waals surface area contributed by atoms with Crippen molar-refractivity contribution in [2.75, 3.05) is 5.73 Å². The molecule has 2 aromatic rings. The monoisotopic (exact) mass is 253 g/mol. The summed E-state index contributed by atoms with van der Waals surface area (Å²) in [7, 11) is 0. The van der Waals surface area contributed by atoms with Crippen LogP contribution in [0.5, 0.6) is 11.5 Å². The van der Waals surface area contributed by atoms with E-state index in [1.165, 1.54) is 0 Å². The molecular formula is C12H9Cl2NO. The summed E-state index contributed by atoms with van der Waals surface area (Å²) in [5, 5.41) is 0.963. The molecule has 0 aliphatic heterocycles. The van der Waals surface area contributed by atoms with E-state index in [9.17, 15) is 0 Å². The first-order valence-electron chi connectivity index (χ1n) is 4.63. The van der Waals surface area contributed by atoms with Crippen LogP contribution in [0.25, 0.3) is 0 Å². The maximum absolute atomic E-state index is 5.87. The standard InChI is InChI=1S/C12H9Cl2NO/c13-11-5-4-10(7-12(11)14)16-9-3-1-2-8(15)6-9/h1-7H,15H2. The molecule has 4 heteroatoms. The minimum Gasteiger partial charge on any atom is -0.457 e. The Bertz CT molecular complexity index is 514. The molecule has 0 aliphatic carbocycles. The predicted octanol–water partition coefficient (Wildman–Crippen LogP) is 4.37. The molecule has 0 saturated carbocycles. The van der Waals surface area contributed by atoms with Crippen LogP contribution in [0, 0.1) is 0 Å². The Balaban J connectivity index is 2.24. The number of hydrogen-bond acceptors (Lipinski definition) is 2. The van der Waals surface area contributed by atoms with Crippen molar-refractivity contribution in [2.45, 2.75) is 0 Å². The van der Waals surface area contributed by atoms with Gasteiger partial charge in [-0.05, 0) is 24.3 Å². The molecule has 16 heavy (non-hydrogen) atoms. The molecule has 2 rings (SSSR count). The molecule has 0 amide bonds. The van der Waals surface area contributed by atoms with E-state index >= 15 is 0 Å². The SMILES string of the molecule is Nc1cccc(Oc2ccc(Cl)c(Cl)c2)c1. The summed E-state index contributed by atoms with van der Waals surface area (Å²) in [4.78, 5) is 0. The van der Waals surface area contributed by atoms with Gasteiger partial charge in [0, 0.05) is 17.8 Å². The molecule has 0 bridgehead atoms. The average Bonchev–Trinajstić information content (AvgIpc) is 2.24. The third-order valence-corrected chi connectivity index (χ3v) is 2.72. The van der Waals surface area contributed by atoms with Gasteiger partial charge in [-0.15, -0.1) is 0 Å². The fourth-order valence-electron chi connectivity index (χ4n) is 1.25. The zero-order valence-corrected chi connectivity index (χ0v) is 9.79. The van der Waals surface area contributed by atoms with Crippen LogP contribution in [0.4, 0.5) is 5.69 Å². The Kier molecular flexibility index (Phi) is 3.22. The zero-order valence-electron chi connectivity index (χ0n) is 8.28. The van der Waals surface area contributed by atoms with Crippen LogP contribution >= 0.6 is 23.2 Å². The number of anilines is 1. The second kappa shape index (κ2) is 4.64. The number of rotatable bonds is 2. The second-order valence-electron chi connectivity index (χ2n) is 3.25. The lowest BCUT2D eigenvalue weighted by atomic mass is 10.3. The number of nitrogens with two attached hydrogens (primary N) is 1. The van der Waals surface area contributed by atoms with Crippen molar-refractivity contribution >= 4 is 28.9 Å². The smallest absolute Gasteiger partial charge is 0.129 e. The van der Waals surface area contributed by atoms with Crippen LogP contribution in [0.1, 0.15) is 0 Å². The van der Waals surface area contributed by atoms with E-state index in [4.69, 9.17) is 33.7 Å². The molecule has 0 atom stereocenters. The summed E-state index contributed by atoms with van der Waals surface area (Å²) in [5.41, 5.74) is 6.29. The maximum Gasteiger partial charge on any atom is 0.129 e. The number of nitrogen functional groups attached to an aromatic ring is 1. The Hall–Kier alpha value is -1.38. The van der Waals surface area contributed by atoms with Gasteiger partial charge in [-0.1, -0.05) is 29.3 Å². The minimum absolute atomic E-state index is 0.461. The van der Waals surface area contributed by atoms with Crippen LogP contribution in [0.3, 0.4) is 0 Å². The molecule has 0 fully saturated rings. The molecule has 0 aromatic heterocycles. The van der Waals surface area contributed by atoms with E-state index in [2.05, 4.69) is 0 Å². The quantitative estimate of drug-likeness (QED) is 0.807. The summed E-state index contributed by atoms with van der Waals surface area (Å²) >= 11 is 11.7. The summed E-state index contributed by atoms with van der Waals surface area (Å²) in [5.74, 6) is 1.29. The molecule has 0 aliphatic rings. The number of ether oxygens (including phenoxy) is 1. The van der Waals surface area contributed by atoms with Crippen molar-refractivity contribution in [1.82, 2.24) is 0 Å². The van der Waals surface area contributed by atoms with Gasteiger partial charge < -0.3 is 10.5 Å². The summed E-state index contributed by atoms with van der Waals surface area (Å²) in [6, 6.07) is 12.3. The first-order chi connectivity index (χ1) is 7.65. The summed E-state index contributed by atoms with van der Waals surface area (Å²) in [6.45, 7) is 0. The molecule has 0 unspecified atom stereocenters. The van der Waals surface area contributed by atoms with Gasteiger partial charge in [-0.3, -0.25) is 0 Å². The molecule has 2 nitrogen and oxygen atoms in total. The number of halogens is 2. The molecule has 0 saturated heterocycles. The van der Waals surface area contributed by atoms with Gasteiger partial charge in [0.2, 0.25) is 0 Å². The molecule has 0 radical (unpaired) electrons. The van der Waals surface area contributed by atoms with Gasteiger partial charge >= 0.3 is 0 Å². The normalized spacial score (nSPS) is 10.1. The maximum atomic E-state index is 5.87. The van der Waals surface area contributed by atoms with E-state index in [-0.39, 0.29) is 0 Å². The van der Waals surface area contributed by atoms with E-state index in [1.54, 1.807) is 30.3 Å². The molecule has 2 aromatic carbocycles. The molecule has 0 spiro atoms. The Morgan fingerprint density at radius 2 is 1.62 bits per heavy atom. The Morgan fingerprint density at radius 3 is 2.31 bits per heavy atom. The van der Waals surface area contributed by atoms with E-state index in [0.29, 0.717) is 27.2 Å². The largest absolute Gasteiger partial charge is 0.457 e. The lowest BCUT2D eigenvalue weighted by molar-refractivity contribution is 0.483. The highest BCUT2D eigenvalue weighted by Gasteiger charge is 2.01. The Morgan fingerprint density at radius 1 is 0.875 bits per heavy atom. The van der Waals surface area contributed by atoms with Gasteiger partial charge in [-0.25, -0.2) is 0 Å². The number of hydrogen-bond donors (Lipinski definition) is 1. The molecule has 82 valence electrons. The first kappa shape index (κ1) is 11.1. The van der Waals surface area contributed by atoms with Crippen LogP contribution < -0.4 is 10.5 Å². The van der Waals surface area contributed by atoms with Crippen molar-refractivity contribution < 1.29 is 4.74 Å². The van der Waals surface area contributed by atoms with Crippen molar-refractivity contribution in [3.05, 3.63) is 52.5 Å². The summed E-state index contributed by atoms with van der Waals surface area (Å²) < 4.78 is 5.57. The minimum atomic E-state index is 0.461. The summed E-state index contributed by atoms with van der Waals surface area (Å²) in [6.07, 6.45) is 0. The lowest BCUT2D eigenvalue weighted by Gasteiger charge is -2.06. The molecule has 0 heterocycles. The third kappa shape index (κ3) is 2.60. The van der Waals surface area contributed by atoms with Crippen molar-refractivity contribution in [2.24, 2.45) is 0 Å². The second-order valence-corrected chi connectivity index (χ2v) is 4.06. The van der Waals surface area contributed by atoms with Gasteiger partial charge in [-0.2, -0.15) is 0 Å². The van der Waals surface area contributed by atoms with Crippen LogP contribution in [0.2, 0.25) is 10.0 Å². The van der Waals surface area contributed by atoms with Gasteiger partial charge in [0.25, 0.3) is 0 Å². The lowest BCUT2D eigenvalue weighted by Crippen LogP contribution is -1.87. The molecule has 2 N–H and O–H groups in total. The first-order valence-corrected chi connectivity index (χ1v) is 5.39. The van der Waals surface area contributed by atoms with E-state index in [0.717, 1.165) is 0 Å². The van der Waals surface area contributed by atoms with Gasteiger partial charge in [0.15, 0.2) is 0 Å².